The molecule has 4 nitrogen and oxygen atoms in total. The van der Waals surface area contributed by atoms with Crippen LogP contribution in [0.3, 0.4) is 0 Å². The molecule has 0 atom stereocenters. The molecule has 0 fully saturated rings. The van der Waals surface area contributed by atoms with Crippen molar-refractivity contribution in [1.29, 1.82) is 0 Å². The predicted octanol–water partition coefficient (Wildman–Crippen LogP) is 6.13. The average molecular weight is 368 g/mol. The van der Waals surface area contributed by atoms with E-state index in [0.717, 1.165) is 12.8 Å². The van der Waals surface area contributed by atoms with Gasteiger partial charge in [-0.15, -0.1) is 0 Å². The van der Waals surface area contributed by atoms with Gasteiger partial charge in [0.15, 0.2) is 0 Å². The molecule has 0 heterocycles. The lowest BCUT2D eigenvalue weighted by atomic mass is 10.0. The van der Waals surface area contributed by atoms with E-state index in [9.17, 15) is 9.59 Å². The van der Waals surface area contributed by atoms with Gasteiger partial charge >= 0.3 is 5.97 Å². The van der Waals surface area contributed by atoms with Crippen molar-refractivity contribution in [3.8, 4) is 0 Å². The van der Waals surface area contributed by atoms with Crippen molar-refractivity contribution < 1.29 is 14.7 Å². The molecule has 0 aliphatic rings. The topological polar surface area (TPSA) is 80.4 Å². The molecule has 0 aliphatic carbocycles. The molecule has 0 radical (unpaired) electrons. The number of carboxylic acid groups (broad SMARTS) is 1. The van der Waals surface area contributed by atoms with E-state index in [1.807, 2.05) is 0 Å². The average Bonchev–Trinajstić information content (AvgIpc) is 2.60. The molecule has 0 unspecified atom stereocenters. The number of allylic oxidation sites excluding steroid dienone is 1. The minimum atomic E-state index is -1.23. The number of unbranched alkanes of at least 4 members (excludes halogenated alkanes) is 16. The number of primary amides is 1. The SMILES string of the molecule is CCCCCCCCCCCCCCCCCCC=C(C(N)=O)C(=O)O. The lowest BCUT2D eigenvalue weighted by molar-refractivity contribution is -0.134. The summed E-state index contributed by atoms with van der Waals surface area (Å²) in [5.41, 5.74) is 4.74. The van der Waals surface area contributed by atoms with E-state index in [0.29, 0.717) is 6.42 Å². The molecular formula is C22H41NO3. The standard InChI is InChI=1S/C22H41NO3/c1-2-3-4-5-6-7-8-9-10-11-12-13-14-15-16-17-18-19-20(21(23)24)22(25)26/h19H,2-18H2,1H3,(H2,23,24)(H,25,26). The fourth-order valence-corrected chi connectivity index (χ4v) is 3.23. The molecule has 4 heteroatoms. The van der Waals surface area contributed by atoms with Gasteiger partial charge in [-0.3, -0.25) is 4.79 Å². The van der Waals surface area contributed by atoms with Crippen molar-refractivity contribution >= 4 is 11.9 Å². The molecule has 0 saturated heterocycles. The van der Waals surface area contributed by atoms with Crippen molar-refractivity contribution in [3.05, 3.63) is 11.6 Å². The van der Waals surface area contributed by atoms with Crippen LogP contribution in [0.15, 0.2) is 11.6 Å². The van der Waals surface area contributed by atoms with Crippen LogP contribution in [0.25, 0.3) is 0 Å². The highest BCUT2D eigenvalue weighted by atomic mass is 16.4. The minimum Gasteiger partial charge on any atom is -0.478 e. The van der Waals surface area contributed by atoms with Crippen LogP contribution in [0.4, 0.5) is 0 Å². The molecule has 0 rings (SSSR count). The van der Waals surface area contributed by atoms with Gasteiger partial charge in [-0.05, 0) is 12.8 Å². The first-order valence-electron chi connectivity index (χ1n) is 10.8. The Hall–Kier alpha value is -1.32. The summed E-state index contributed by atoms with van der Waals surface area (Å²) >= 11 is 0. The highest BCUT2D eigenvalue weighted by Gasteiger charge is 2.12. The molecule has 3 N–H and O–H groups in total. The summed E-state index contributed by atoms with van der Waals surface area (Å²) in [6.45, 7) is 2.26. The number of hydrogen-bond donors (Lipinski definition) is 2. The van der Waals surface area contributed by atoms with E-state index in [-0.39, 0.29) is 5.57 Å². The third-order valence-corrected chi connectivity index (χ3v) is 4.90. The number of amides is 1. The number of carboxylic acids is 1. The molecular weight excluding hydrogens is 326 g/mol. The van der Waals surface area contributed by atoms with Gasteiger partial charge < -0.3 is 10.8 Å². The Morgan fingerprint density at radius 2 is 1.04 bits per heavy atom. The second kappa shape index (κ2) is 18.5. The molecule has 0 spiro atoms. The summed E-state index contributed by atoms with van der Waals surface area (Å²) in [7, 11) is 0. The van der Waals surface area contributed by atoms with Gasteiger partial charge in [-0.25, -0.2) is 4.79 Å². The third kappa shape index (κ3) is 16.2. The van der Waals surface area contributed by atoms with Crippen molar-refractivity contribution in [1.82, 2.24) is 0 Å². The molecule has 1 amide bonds. The monoisotopic (exact) mass is 367 g/mol. The molecule has 0 aliphatic heterocycles. The molecule has 0 aromatic rings. The Morgan fingerprint density at radius 1 is 0.692 bits per heavy atom. The van der Waals surface area contributed by atoms with Crippen LogP contribution < -0.4 is 5.73 Å². The summed E-state index contributed by atoms with van der Waals surface area (Å²) < 4.78 is 0. The first kappa shape index (κ1) is 24.7. The first-order chi connectivity index (χ1) is 12.6. The van der Waals surface area contributed by atoms with Gasteiger partial charge in [-0.1, -0.05) is 109 Å². The third-order valence-electron chi connectivity index (χ3n) is 4.90. The number of nitrogens with two attached hydrogens (primary N) is 1. The van der Waals surface area contributed by atoms with Gasteiger partial charge in [0.05, 0.1) is 0 Å². The number of carbonyl (C=O) groups is 2. The number of rotatable bonds is 19. The fourth-order valence-electron chi connectivity index (χ4n) is 3.23. The largest absolute Gasteiger partial charge is 0.478 e. The fraction of sp³-hybridized carbons (Fsp3) is 0.818. The highest BCUT2D eigenvalue weighted by Crippen LogP contribution is 2.14. The maximum absolute atomic E-state index is 10.9. The van der Waals surface area contributed by atoms with E-state index in [1.165, 1.54) is 96.0 Å². The smallest absolute Gasteiger partial charge is 0.340 e. The maximum atomic E-state index is 10.9. The van der Waals surface area contributed by atoms with Crippen LogP contribution in [0, 0.1) is 0 Å². The van der Waals surface area contributed by atoms with Crippen LogP contribution >= 0.6 is 0 Å². The van der Waals surface area contributed by atoms with E-state index < -0.39 is 11.9 Å². The Morgan fingerprint density at radius 3 is 1.35 bits per heavy atom. The summed E-state index contributed by atoms with van der Waals surface area (Å²) in [6.07, 6.45) is 23.1. The zero-order valence-corrected chi connectivity index (χ0v) is 16.9. The van der Waals surface area contributed by atoms with Gasteiger partial charge in [0.2, 0.25) is 0 Å². The predicted molar refractivity (Wildman–Crippen MR) is 109 cm³/mol. The van der Waals surface area contributed by atoms with Crippen LogP contribution in [-0.4, -0.2) is 17.0 Å². The van der Waals surface area contributed by atoms with Gasteiger partial charge in [0, 0.05) is 0 Å². The van der Waals surface area contributed by atoms with E-state index >= 15 is 0 Å². The summed E-state index contributed by atoms with van der Waals surface area (Å²) in [4.78, 5) is 21.7. The zero-order valence-electron chi connectivity index (χ0n) is 16.9. The molecule has 152 valence electrons. The van der Waals surface area contributed by atoms with Crippen molar-refractivity contribution in [2.24, 2.45) is 5.73 Å². The molecule has 0 bridgehead atoms. The Bertz CT molecular complexity index is 375. The van der Waals surface area contributed by atoms with Crippen molar-refractivity contribution in [3.63, 3.8) is 0 Å². The summed E-state index contributed by atoms with van der Waals surface area (Å²) in [5, 5.41) is 8.81. The highest BCUT2D eigenvalue weighted by molar-refractivity contribution is 6.14. The molecule has 26 heavy (non-hydrogen) atoms. The van der Waals surface area contributed by atoms with E-state index in [4.69, 9.17) is 10.8 Å². The minimum absolute atomic E-state index is 0.286. The second-order valence-electron chi connectivity index (χ2n) is 7.38. The van der Waals surface area contributed by atoms with Crippen molar-refractivity contribution in [2.45, 2.75) is 116 Å². The first-order valence-corrected chi connectivity index (χ1v) is 10.8. The number of aliphatic carboxylic acids is 1. The molecule has 0 aromatic carbocycles. The lowest BCUT2D eigenvalue weighted by Crippen LogP contribution is -2.20. The van der Waals surface area contributed by atoms with Crippen molar-refractivity contribution in [2.75, 3.05) is 0 Å². The van der Waals surface area contributed by atoms with Crippen LogP contribution in [0.2, 0.25) is 0 Å². The normalized spacial score (nSPS) is 11.7. The van der Waals surface area contributed by atoms with Crippen LogP contribution in [0.5, 0.6) is 0 Å². The Kier molecular flexibility index (Phi) is 17.5. The van der Waals surface area contributed by atoms with E-state index in [1.54, 1.807) is 0 Å². The number of carbonyl (C=O) groups excluding carboxylic acids is 1. The maximum Gasteiger partial charge on any atom is 0.340 e. The Balaban J connectivity index is 3.28. The van der Waals surface area contributed by atoms with Gasteiger partial charge in [-0.2, -0.15) is 0 Å². The lowest BCUT2D eigenvalue weighted by Gasteiger charge is -2.03. The van der Waals surface area contributed by atoms with Gasteiger partial charge in [0.25, 0.3) is 5.91 Å². The molecule has 0 aromatic heterocycles. The van der Waals surface area contributed by atoms with Crippen LogP contribution in [0.1, 0.15) is 116 Å². The van der Waals surface area contributed by atoms with E-state index in [2.05, 4.69) is 6.92 Å². The zero-order chi connectivity index (χ0) is 19.5. The van der Waals surface area contributed by atoms with Crippen LogP contribution in [-0.2, 0) is 9.59 Å². The van der Waals surface area contributed by atoms with Gasteiger partial charge in [0.1, 0.15) is 5.57 Å². The second-order valence-corrected chi connectivity index (χ2v) is 7.38. The quantitative estimate of drug-likeness (QED) is 0.125. The number of hydrogen-bond acceptors (Lipinski definition) is 2. The Labute approximate surface area is 160 Å². The molecule has 0 saturated carbocycles. The summed E-state index contributed by atoms with van der Waals surface area (Å²) in [6, 6.07) is 0. The summed E-state index contributed by atoms with van der Waals surface area (Å²) in [5.74, 6) is -2.08.